The third-order valence-corrected chi connectivity index (χ3v) is 8.33. The zero-order valence-electron chi connectivity index (χ0n) is 14.4. The minimum Gasteiger partial charge on any atom is -0.369 e. The molecule has 0 spiro atoms. The fourth-order valence-corrected chi connectivity index (χ4v) is 5.93. The van der Waals surface area contributed by atoms with Crippen LogP contribution >= 0.6 is 11.3 Å². The molecule has 0 amide bonds. The zero-order valence-corrected chi connectivity index (χ0v) is 16.1. The van der Waals surface area contributed by atoms with E-state index in [1.807, 2.05) is 13.0 Å². The number of piperazine rings is 1. The molecular weight excluding hydrogens is 340 g/mol. The van der Waals surface area contributed by atoms with Crippen LogP contribution in [0.1, 0.15) is 22.9 Å². The second-order valence-electron chi connectivity index (χ2n) is 6.18. The van der Waals surface area contributed by atoms with Gasteiger partial charge in [0.1, 0.15) is 4.21 Å². The second kappa shape index (κ2) is 6.86. The van der Waals surface area contributed by atoms with Crippen LogP contribution in [0.5, 0.6) is 0 Å². The molecule has 6 heteroatoms. The van der Waals surface area contributed by atoms with Gasteiger partial charge >= 0.3 is 0 Å². The molecule has 3 rings (SSSR count). The lowest BCUT2D eigenvalue weighted by atomic mass is 10.1. The van der Waals surface area contributed by atoms with Crippen molar-refractivity contribution in [1.29, 1.82) is 0 Å². The normalized spacial score (nSPS) is 16.5. The lowest BCUT2D eigenvalue weighted by molar-refractivity contribution is 0.385. The highest BCUT2D eigenvalue weighted by Crippen LogP contribution is 2.28. The summed E-state index contributed by atoms with van der Waals surface area (Å²) in [4.78, 5) is 3.41. The highest BCUT2D eigenvalue weighted by molar-refractivity contribution is 7.91. The highest BCUT2D eigenvalue weighted by atomic mass is 32.2. The Morgan fingerprint density at radius 3 is 2.38 bits per heavy atom. The maximum Gasteiger partial charge on any atom is 0.252 e. The molecular formula is C18H24N2O2S2. The van der Waals surface area contributed by atoms with E-state index in [1.54, 1.807) is 10.4 Å². The van der Waals surface area contributed by atoms with Crippen LogP contribution in [0.25, 0.3) is 0 Å². The van der Waals surface area contributed by atoms with Gasteiger partial charge in [0.05, 0.1) is 0 Å². The summed E-state index contributed by atoms with van der Waals surface area (Å²) < 4.78 is 27.7. The van der Waals surface area contributed by atoms with E-state index >= 15 is 0 Å². The van der Waals surface area contributed by atoms with E-state index in [0.717, 1.165) is 24.4 Å². The van der Waals surface area contributed by atoms with Crippen molar-refractivity contribution in [1.82, 2.24) is 4.31 Å². The summed E-state index contributed by atoms with van der Waals surface area (Å²) in [5.74, 6) is 0. The van der Waals surface area contributed by atoms with Crippen molar-refractivity contribution in [3.8, 4) is 0 Å². The number of hydrogen-bond acceptors (Lipinski definition) is 4. The molecule has 130 valence electrons. The van der Waals surface area contributed by atoms with E-state index in [4.69, 9.17) is 0 Å². The minimum atomic E-state index is -3.35. The molecule has 0 saturated carbocycles. The SMILES string of the molecule is CCc1ccc(S(=O)(=O)N2CCN(c3cccc(C)c3C)CC2)s1. The molecule has 0 N–H and O–H groups in total. The van der Waals surface area contributed by atoms with Gasteiger partial charge in [0, 0.05) is 36.7 Å². The fourth-order valence-electron chi connectivity index (χ4n) is 3.06. The monoisotopic (exact) mass is 364 g/mol. The quantitative estimate of drug-likeness (QED) is 0.834. The van der Waals surface area contributed by atoms with Gasteiger partial charge in [-0.25, -0.2) is 8.42 Å². The van der Waals surface area contributed by atoms with E-state index in [9.17, 15) is 8.42 Å². The number of nitrogens with zero attached hydrogens (tertiary/aromatic N) is 2. The first-order valence-corrected chi connectivity index (χ1v) is 10.6. The Morgan fingerprint density at radius 1 is 1.04 bits per heavy atom. The molecule has 1 aliphatic heterocycles. The molecule has 2 heterocycles. The largest absolute Gasteiger partial charge is 0.369 e. The lowest BCUT2D eigenvalue weighted by Gasteiger charge is -2.36. The molecule has 1 aromatic heterocycles. The third kappa shape index (κ3) is 3.23. The number of hydrogen-bond donors (Lipinski definition) is 0. The Bertz CT molecular complexity index is 819. The summed E-state index contributed by atoms with van der Waals surface area (Å²) in [5, 5.41) is 0. The van der Waals surface area contributed by atoms with Gasteiger partial charge in [-0.2, -0.15) is 4.31 Å². The Hall–Kier alpha value is -1.37. The highest BCUT2D eigenvalue weighted by Gasteiger charge is 2.30. The van der Waals surface area contributed by atoms with Crippen LogP contribution in [0, 0.1) is 13.8 Å². The predicted octanol–water partition coefficient (Wildman–Crippen LogP) is 3.44. The standard InChI is InChI=1S/C18H24N2O2S2/c1-4-16-8-9-18(23-16)24(21,22)20-12-10-19(11-13-20)17-7-5-6-14(2)15(17)3/h5-9H,4,10-13H2,1-3H3. The maximum atomic E-state index is 12.8. The molecule has 0 atom stereocenters. The molecule has 0 bridgehead atoms. The average Bonchev–Trinajstić information content (AvgIpc) is 3.07. The van der Waals surface area contributed by atoms with Crippen LogP contribution in [-0.4, -0.2) is 38.9 Å². The number of thiophene rings is 1. The topological polar surface area (TPSA) is 40.6 Å². The fraction of sp³-hybridized carbons (Fsp3) is 0.444. The summed E-state index contributed by atoms with van der Waals surface area (Å²) in [7, 11) is -3.35. The van der Waals surface area contributed by atoms with Crippen LogP contribution < -0.4 is 4.90 Å². The first-order valence-electron chi connectivity index (χ1n) is 8.33. The first-order chi connectivity index (χ1) is 11.4. The Labute approximate surface area is 148 Å². The van der Waals surface area contributed by atoms with Gasteiger partial charge in [-0.15, -0.1) is 11.3 Å². The first kappa shape index (κ1) is 17.5. The molecule has 1 fully saturated rings. The molecule has 1 aliphatic rings. The molecule has 4 nitrogen and oxygen atoms in total. The van der Waals surface area contributed by atoms with Gasteiger partial charge in [-0.05, 0) is 49.6 Å². The van der Waals surface area contributed by atoms with Crippen LogP contribution in [0.3, 0.4) is 0 Å². The maximum absolute atomic E-state index is 12.8. The second-order valence-corrected chi connectivity index (χ2v) is 9.52. The summed E-state index contributed by atoms with van der Waals surface area (Å²) in [6.07, 6.45) is 0.876. The van der Waals surface area contributed by atoms with E-state index in [-0.39, 0.29) is 0 Å². The predicted molar refractivity (Wildman–Crippen MR) is 101 cm³/mol. The van der Waals surface area contributed by atoms with Gasteiger partial charge in [-0.1, -0.05) is 19.1 Å². The molecule has 0 radical (unpaired) electrons. The van der Waals surface area contributed by atoms with E-state index in [1.165, 1.54) is 28.2 Å². The minimum absolute atomic E-state index is 0.472. The molecule has 24 heavy (non-hydrogen) atoms. The summed E-state index contributed by atoms with van der Waals surface area (Å²) in [6, 6.07) is 9.97. The Balaban J connectivity index is 1.73. The van der Waals surface area contributed by atoms with Crippen LogP contribution in [0.15, 0.2) is 34.5 Å². The zero-order chi connectivity index (χ0) is 17.3. The van der Waals surface area contributed by atoms with Gasteiger partial charge in [-0.3, -0.25) is 0 Å². The number of sulfonamides is 1. The van der Waals surface area contributed by atoms with Gasteiger partial charge in [0.2, 0.25) is 0 Å². The van der Waals surface area contributed by atoms with Crippen molar-refractivity contribution in [3.63, 3.8) is 0 Å². The van der Waals surface area contributed by atoms with Crippen LogP contribution in [0.4, 0.5) is 5.69 Å². The summed E-state index contributed by atoms with van der Waals surface area (Å²) in [5.41, 5.74) is 3.77. The smallest absolute Gasteiger partial charge is 0.252 e. The molecule has 0 aliphatic carbocycles. The van der Waals surface area contributed by atoms with Crippen LogP contribution in [-0.2, 0) is 16.4 Å². The van der Waals surface area contributed by atoms with Crippen molar-refractivity contribution >= 4 is 27.0 Å². The lowest BCUT2D eigenvalue weighted by Crippen LogP contribution is -2.48. The Kier molecular flexibility index (Phi) is 4.99. The molecule has 1 saturated heterocycles. The van der Waals surface area contributed by atoms with Crippen molar-refractivity contribution in [2.75, 3.05) is 31.1 Å². The average molecular weight is 365 g/mol. The number of benzene rings is 1. The number of anilines is 1. The molecule has 0 unspecified atom stereocenters. The molecule has 2 aromatic rings. The van der Waals surface area contributed by atoms with Crippen molar-refractivity contribution < 1.29 is 8.42 Å². The Morgan fingerprint density at radius 2 is 1.75 bits per heavy atom. The molecule has 1 aromatic carbocycles. The number of aryl methyl sites for hydroxylation is 2. The van der Waals surface area contributed by atoms with Gasteiger partial charge < -0.3 is 4.90 Å². The van der Waals surface area contributed by atoms with Crippen LogP contribution in [0.2, 0.25) is 0 Å². The van der Waals surface area contributed by atoms with Crippen molar-refractivity contribution in [2.24, 2.45) is 0 Å². The third-order valence-electron chi connectivity index (χ3n) is 4.73. The summed E-state index contributed by atoms with van der Waals surface area (Å²) in [6.45, 7) is 8.83. The van der Waals surface area contributed by atoms with E-state index in [2.05, 4.69) is 36.9 Å². The van der Waals surface area contributed by atoms with Gasteiger partial charge in [0.25, 0.3) is 10.0 Å². The van der Waals surface area contributed by atoms with Crippen molar-refractivity contribution in [2.45, 2.75) is 31.4 Å². The van der Waals surface area contributed by atoms with E-state index < -0.39 is 10.0 Å². The summed E-state index contributed by atoms with van der Waals surface area (Å²) >= 11 is 1.39. The van der Waals surface area contributed by atoms with Crippen molar-refractivity contribution in [3.05, 3.63) is 46.3 Å². The van der Waals surface area contributed by atoms with E-state index in [0.29, 0.717) is 17.3 Å². The van der Waals surface area contributed by atoms with Gasteiger partial charge in [0.15, 0.2) is 0 Å². The number of rotatable bonds is 4.